The van der Waals surface area contributed by atoms with E-state index in [1.807, 2.05) is 0 Å². The van der Waals surface area contributed by atoms with E-state index >= 15 is 4.39 Å². The lowest BCUT2D eigenvalue weighted by atomic mass is 9.64. The van der Waals surface area contributed by atoms with Crippen molar-refractivity contribution in [2.45, 2.75) is 18.0 Å². The smallest absolute Gasteiger partial charge is 0.185 e. The molecule has 7 rings (SSSR count). The molecule has 0 aromatic heterocycles. The van der Waals surface area contributed by atoms with Crippen molar-refractivity contribution in [1.82, 2.24) is 0 Å². The first kappa shape index (κ1) is 24.6. The molecule has 0 N–H and O–H groups in total. The first-order valence-electron chi connectivity index (χ1n) is 12.8. The maximum Gasteiger partial charge on any atom is 0.185 e. The number of ketones is 3. The monoisotopic (exact) mass is 551 g/mol. The van der Waals surface area contributed by atoms with Gasteiger partial charge in [-0.3, -0.25) is 14.4 Å². The molecular formula is C33H20ClF2NO3. The van der Waals surface area contributed by atoms with Crippen molar-refractivity contribution in [3.8, 4) is 0 Å². The Morgan fingerprint density at radius 3 is 2.15 bits per heavy atom. The van der Waals surface area contributed by atoms with Crippen LogP contribution in [0.4, 0.5) is 14.5 Å². The Balaban J connectivity index is 1.56. The number of benzene rings is 4. The summed E-state index contributed by atoms with van der Waals surface area (Å²) in [7, 11) is 0. The van der Waals surface area contributed by atoms with Crippen LogP contribution < -0.4 is 4.90 Å². The summed E-state index contributed by atoms with van der Waals surface area (Å²) in [6.07, 6.45) is 3.53. The molecule has 1 saturated heterocycles. The van der Waals surface area contributed by atoms with Crippen LogP contribution in [0.3, 0.4) is 0 Å². The molecular weight excluding hydrogens is 532 g/mol. The van der Waals surface area contributed by atoms with Crippen LogP contribution in [0.1, 0.15) is 48.1 Å². The summed E-state index contributed by atoms with van der Waals surface area (Å²) in [5, 5.41) is 0.475. The molecule has 2 aliphatic heterocycles. The molecule has 4 aromatic carbocycles. The molecule has 0 bridgehead atoms. The zero-order chi connectivity index (χ0) is 27.8. The first-order valence-corrected chi connectivity index (χ1v) is 13.2. The van der Waals surface area contributed by atoms with Crippen molar-refractivity contribution in [3.05, 3.63) is 142 Å². The second kappa shape index (κ2) is 8.80. The van der Waals surface area contributed by atoms with E-state index in [4.69, 9.17) is 11.6 Å². The average molecular weight is 552 g/mol. The lowest BCUT2D eigenvalue weighted by Gasteiger charge is -2.37. The maximum atomic E-state index is 15.7. The second-order valence-corrected chi connectivity index (χ2v) is 10.7. The van der Waals surface area contributed by atoms with E-state index in [1.54, 1.807) is 65.6 Å². The fraction of sp³-hybridized carbons (Fsp3) is 0.121. The number of anilines is 1. The highest BCUT2D eigenvalue weighted by atomic mass is 35.5. The number of carbonyl (C=O) groups is 3. The van der Waals surface area contributed by atoms with E-state index < -0.39 is 52.4 Å². The van der Waals surface area contributed by atoms with Gasteiger partial charge in [-0.15, -0.1) is 0 Å². The SMILES string of the molecule is O=C(c1ccc(F)cc1)[C@H]1[C@H](c2ccccc2F)C2(C(=O)c3ccccc3C2=O)C2C=Cc3cc(Cl)ccc3N21. The number of nitrogens with zero attached hydrogens (tertiary/aromatic N) is 1. The van der Waals surface area contributed by atoms with Crippen LogP contribution in [0.2, 0.25) is 5.02 Å². The lowest BCUT2D eigenvalue weighted by Crippen LogP contribution is -2.48. The van der Waals surface area contributed by atoms with E-state index in [-0.39, 0.29) is 22.3 Å². The first-order chi connectivity index (χ1) is 19.3. The largest absolute Gasteiger partial charge is 0.352 e. The van der Waals surface area contributed by atoms with Crippen LogP contribution in [-0.2, 0) is 0 Å². The van der Waals surface area contributed by atoms with Crippen molar-refractivity contribution in [3.63, 3.8) is 0 Å². The molecule has 4 nitrogen and oxygen atoms in total. The van der Waals surface area contributed by atoms with E-state index in [2.05, 4.69) is 0 Å². The lowest BCUT2D eigenvalue weighted by molar-refractivity contribution is 0.0664. The fourth-order valence-corrected chi connectivity index (χ4v) is 6.98. The summed E-state index contributed by atoms with van der Waals surface area (Å²) in [5.74, 6) is -3.68. The Labute approximate surface area is 233 Å². The van der Waals surface area contributed by atoms with Gasteiger partial charge in [0, 0.05) is 33.3 Å². The summed E-state index contributed by atoms with van der Waals surface area (Å²) in [6.45, 7) is 0. The van der Waals surface area contributed by atoms with E-state index in [9.17, 15) is 18.8 Å². The van der Waals surface area contributed by atoms with E-state index in [0.29, 0.717) is 16.3 Å². The predicted molar refractivity (Wildman–Crippen MR) is 148 cm³/mol. The molecule has 196 valence electrons. The van der Waals surface area contributed by atoms with Crippen LogP contribution in [0.5, 0.6) is 0 Å². The maximum absolute atomic E-state index is 15.7. The molecule has 1 spiro atoms. The fourth-order valence-electron chi connectivity index (χ4n) is 6.80. The highest BCUT2D eigenvalue weighted by Gasteiger charge is 2.71. The molecule has 4 aromatic rings. The summed E-state index contributed by atoms with van der Waals surface area (Å²) >= 11 is 6.29. The number of rotatable bonds is 3. The van der Waals surface area contributed by atoms with Crippen molar-refractivity contribution in [2.75, 3.05) is 4.90 Å². The Morgan fingerprint density at radius 2 is 1.48 bits per heavy atom. The Bertz CT molecular complexity index is 1750. The molecule has 1 fully saturated rings. The van der Waals surface area contributed by atoms with Crippen LogP contribution in [0.15, 0.2) is 97.1 Å². The zero-order valence-corrected chi connectivity index (χ0v) is 21.6. The standard InChI is InChI=1S/C33H20ClF2NO3/c34-20-12-15-26-19(17-20)11-16-27-33(31(39)22-5-1-2-6-23(22)32(33)40)28(24-7-3-4-8-25(24)36)29(37(26)27)30(38)18-9-13-21(35)14-10-18/h1-17,27-29H/t27?,28-,29+/m0/s1. The third-order valence-electron chi connectivity index (χ3n) is 8.40. The van der Waals surface area contributed by atoms with Gasteiger partial charge >= 0.3 is 0 Å². The number of hydrogen-bond donors (Lipinski definition) is 0. The second-order valence-electron chi connectivity index (χ2n) is 10.3. The number of fused-ring (bicyclic) bond motifs is 5. The summed E-state index contributed by atoms with van der Waals surface area (Å²) in [4.78, 5) is 45.2. The van der Waals surface area contributed by atoms with Gasteiger partial charge in [-0.25, -0.2) is 8.78 Å². The quantitative estimate of drug-likeness (QED) is 0.204. The minimum absolute atomic E-state index is 0.0933. The van der Waals surface area contributed by atoms with Gasteiger partial charge in [-0.1, -0.05) is 66.2 Å². The molecule has 3 aliphatic rings. The van der Waals surface area contributed by atoms with Gasteiger partial charge in [-0.05, 0) is 59.7 Å². The molecule has 0 saturated carbocycles. The van der Waals surface area contributed by atoms with Gasteiger partial charge in [0.15, 0.2) is 17.3 Å². The number of carbonyl (C=O) groups excluding carboxylic acids is 3. The molecule has 3 atom stereocenters. The highest BCUT2D eigenvalue weighted by molar-refractivity contribution is 6.32. The normalized spacial score (nSPS) is 21.9. The molecule has 7 heteroatoms. The van der Waals surface area contributed by atoms with Crippen molar-refractivity contribution in [1.29, 1.82) is 0 Å². The molecule has 40 heavy (non-hydrogen) atoms. The van der Waals surface area contributed by atoms with Crippen LogP contribution in [0, 0.1) is 17.0 Å². The molecule has 0 amide bonds. The number of hydrogen-bond acceptors (Lipinski definition) is 4. The number of halogens is 3. The van der Waals surface area contributed by atoms with E-state index in [0.717, 1.165) is 0 Å². The minimum Gasteiger partial charge on any atom is -0.352 e. The molecule has 0 radical (unpaired) electrons. The van der Waals surface area contributed by atoms with Gasteiger partial charge < -0.3 is 4.90 Å². The van der Waals surface area contributed by atoms with Gasteiger partial charge in [0.2, 0.25) is 0 Å². The summed E-state index contributed by atoms with van der Waals surface area (Å²) in [5.41, 5.74) is 0.241. The van der Waals surface area contributed by atoms with Crippen LogP contribution >= 0.6 is 11.6 Å². The Morgan fingerprint density at radius 1 is 0.825 bits per heavy atom. The highest BCUT2D eigenvalue weighted by Crippen LogP contribution is 2.61. The van der Waals surface area contributed by atoms with Crippen LogP contribution in [0.25, 0.3) is 6.08 Å². The summed E-state index contributed by atoms with van der Waals surface area (Å²) < 4.78 is 29.6. The molecule has 2 heterocycles. The van der Waals surface area contributed by atoms with Crippen molar-refractivity contribution in [2.24, 2.45) is 5.41 Å². The molecule has 1 unspecified atom stereocenters. The van der Waals surface area contributed by atoms with Gasteiger partial charge in [0.25, 0.3) is 0 Å². The van der Waals surface area contributed by atoms with Crippen LogP contribution in [-0.4, -0.2) is 29.4 Å². The van der Waals surface area contributed by atoms with Gasteiger partial charge in [0.05, 0.1) is 6.04 Å². The Kier molecular flexibility index (Phi) is 5.41. The van der Waals surface area contributed by atoms with Crippen molar-refractivity contribution >= 4 is 40.7 Å². The van der Waals surface area contributed by atoms with Gasteiger partial charge in [0.1, 0.15) is 23.1 Å². The third-order valence-corrected chi connectivity index (χ3v) is 8.64. The summed E-state index contributed by atoms with van der Waals surface area (Å²) in [6, 6.07) is 20.7. The topological polar surface area (TPSA) is 54.5 Å². The predicted octanol–water partition coefficient (Wildman–Crippen LogP) is 6.93. The minimum atomic E-state index is -1.82. The average Bonchev–Trinajstić information content (AvgIpc) is 3.39. The third kappa shape index (κ3) is 3.20. The van der Waals surface area contributed by atoms with Crippen molar-refractivity contribution < 1.29 is 23.2 Å². The van der Waals surface area contributed by atoms with Gasteiger partial charge in [-0.2, -0.15) is 0 Å². The van der Waals surface area contributed by atoms with E-state index in [1.165, 1.54) is 42.5 Å². The number of Topliss-reactive ketones (excluding diaryl/α,β-unsaturated/α-hetero) is 3. The Hall–Kier alpha value is -4.42. The molecule has 1 aliphatic carbocycles. The zero-order valence-electron chi connectivity index (χ0n) is 20.9.